The Hall–Kier alpha value is -1.02. The Balaban J connectivity index is 2.12. The zero-order valence-electron chi connectivity index (χ0n) is 11.2. The Morgan fingerprint density at radius 1 is 1.06 bits per heavy atom. The summed E-state index contributed by atoms with van der Waals surface area (Å²) in [5.41, 5.74) is 6.33. The van der Waals surface area contributed by atoms with Crippen LogP contribution in [0.15, 0.2) is 12.1 Å². The van der Waals surface area contributed by atoms with Crippen LogP contribution < -0.4 is 4.90 Å². The monoisotopic (exact) mass is 230 g/mol. The highest BCUT2D eigenvalue weighted by Gasteiger charge is 2.26. The molecule has 0 spiro atoms. The van der Waals surface area contributed by atoms with Crippen LogP contribution in [-0.4, -0.2) is 32.1 Å². The summed E-state index contributed by atoms with van der Waals surface area (Å²) in [6.45, 7) is 4.74. The summed E-state index contributed by atoms with van der Waals surface area (Å²) in [7, 11) is 4.46. The molecule has 1 unspecified atom stereocenters. The predicted octanol–water partition coefficient (Wildman–Crippen LogP) is 2.62. The van der Waals surface area contributed by atoms with Crippen LogP contribution in [0.2, 0.25) is 0 Å². The summed E-state index contributed by atoms with van der Waals surface area (Å²) in [5, 5.41) is 0. The Morgan fingerprint density at radius 3 is 2.71 bits per heavy atom. The molecule has 1 atom stereocenters. The highest BCUT2D eigenvalue weighted by molar-refractivity contribution is 5.61. The maximum Gasteiger partial charge on any atom is 0.0399 e. The highest BCUT2D eigenvalue weighted by atomic mass is 15.1. The molecule has 0 aromatic heterocycles. The van der Waals surface area contributed by atoms with Gasteiger partial charge in [0.1, 0.15) is 0 Å². The van der Waals surface area contributed by atoms with Gasteiger partial charge in [-0.25, -0.2) is 0 Å². The summed E-state index contributed by atoms with van der Waals surface area (Å²) >= 11 is 0. The van der Waals surface area contributed by atoms with Crippen LogP contribution in [0.1, 0.15) is 36.1 Å². The molecule has 1 aromatic carbocycles. The molecule has 2 heteroatoms. The van der Waals surface area contributed by atoms with E-state index in [1.807, 2.05) is 0 Å². The van der Waals surface area contributed by atoms with Gasteiger partial charge in [0.2, 0.25) is 0 Å². The van der Waals surface area contributed by atoms with E-state index < -0.39 is 0 Å². The number of likely N-dealkylation sites (N-methyl/N-ethyl adjacent to an activating group) is 1. The van der Waals surface area contributed by atoms with Crippen molar-refractivity contribution in [2.24, 2.45) is 0 Å². The number of nitrogens with zero attached hydrogens (tertiary/aromatic N) is 2. The summed E-state index contributed by atoms with van der Waals surface area (Å²) in [6, 6.07) is 5.27. The van der Waals surface area contributed by atoms with Crippen molar-refractivity contribution in [2.75, 3.05) is 32.1 Å². The second-order valence-corrected chi connectivity index (χ2v) is 5.56. The zero-order valence-corrected chi connectivity index (χ0v) is 11.2. The summed E-state index contributed by atoms with van der Waals surface area (Å²) in [6.07, 6.45) is 3.82. The lowest BCUT2D eigenvalue weighted by Gasteiger charge is -2.37. The fraction of sp³-hybridized carbons (Fsp3) is 0.600. The topological polar surface area (TPSA) is 6.48 Å². The van der Waals surface area contributed by atoms with Gasteiger partial charge in [0, 0.05) is 31.9 Å². The van der Waals surface area contributed by atoms with Crippen molar-refractivity contribution in [2.45, 2.75) is 32.2 Å². The van der Waals surface area contributed by atoms with Crippen molar-refractivity contribution >= 4 is 5.69 Å². The van der Waals surface area contributed by atoms with E-state index in [2.05, 4.69) is 43.0 Å². The fourth-order valence-corrected chi connectivity index (χ4v) is 3.35. The summed E-state index contributed by atoms with van der Waals surface area (Å²) in [5.74, 6) is 0. The first-order chi connectivity index (χ1) is 8.18. The molecule has 2 aliphatic rings. The van der Waals surface area contributed by atoms with Crippen LogP contribution in [0, 0.1) is 0 Å². The lowest BCUT2D eigenvalue weighted by Crippen LogP contribution is -2.33. The van der Waals surface area contributed by atoms with Crippen molar-refractivity contribution in [1.29, 1.82) is 0 Å². The Bertz CT molecular complexity index is 439. The van der Waals surface area contributed by atoms with Crippen molar-refractivity contribution in [3.05, 3.63) is 28.8 Å². The standard InChI is InChI=1S/C15H22N2/c1-11-12-6-7-15-14(5-4-9-17(15)3)13(12)8-10-16(11)2/h6-7,11H,4-5,8-10H2,1-3H3. The second kappa shape index (κ2) is 4.02. The summed E-state index contributed by atoms with van der Waals surface area (Å²) < 4.78 is 0. The molecular weight excluding hydrogens is 208 g/mol. The Labute approximate surface area is 104 Å². The minimum atomic E-state index is 0.580. The van der Waals surface area contributed by atoms with E-state index >= 15 is 0 Å². The van der Waals surface area contributed by atoms with E-state index in [0.29, 0.717) is 6.04 Å². The first-order valence-electron chi connectivity index (χ1n) is 6.74. The zero-order chi connectivity index (χ0) is 12.0. The van der Waals surface area contributed by atoms with E-state index in [4.69, 9.17) is 0 Å². The van der Waals surface area contributed by atoms with Gasteiger partial charge in [-0.15, -0.1) is 0 Å². The third kappa shape index (κ3) is 1.66. The lowest BCUT2D eigenvalue weighted by atomic mass is 9.86. The minimum absolute atomic E-state index is 0.580. The molecule has 0 fully saturated rings. The third-order valence-corrected chi connectivity index (χ3v) is 4.60. The largest absolute Gasteiger partial charge is 0.374 e. The van der Waals surface area contributed by atoms with Crippen molar-refractivity contribution in [3.8, 4) is 0 Å². The quantitative estimate of drug-likeness (QED) is 0.676. The van der Waals surface area contributed by atoms with Crippen LogP contribution in [0.5, 0.6) is 0 Å². The van der Waals surface area contributed by atoms with Gasteiger partial charge in [-0.1, -0.05) is 6.07 Å². The molecule has 17 heavy (non-hydrogen) atoms. The van der Waals surface area contributed by atoms with Gasteiger partial charge in [0.15, 0.2) is 0 Å². The van der Waals surface area contributed by atoms with Gasteiger partial charge < -0.3 is 4.90 Å². The van der Waals surface area contributed by atoms with E-state index in [1.165, 1.54) is 38.0 Å². The smallest absolute Gasteiger partial charge is 0.0399 e. The molecule has 0 radical (unpaired) electrons. The second-order valence-electron chi connectivity index (χ2n) is 5.56. The third-order valence-electron chi connectivity index (χ3n) is 4.60. The highest BCUT2D eigenvalue weighted by Crippen LogP contribution is 2.37. The number of hydrogen-bond acceptors (Lipinski definition) is 2. The van der Waals surface area contributed by atoms with Crippen LogP contribution in [0.25, 0.3) is 0 Å². The van der Waals surface area contributed by atoms with Gasteiger partial charge in [-0.2, -0.15) is 0 Å². The van der Waals surface area contributed by atoms with Crippen molar-refractivity contribution in [1.82, 2.24) is 4.90 Å². The predicted molar refractivity (Wildman–Crippen MR) is 72.8 cm³/mol. The molecule has 0 aliphatic carbocycles. The van der Waals surface area contributed by atoms with E-state index in [1.54, 1.807) is 16.7 Å². The molecule has 0 saturated heterocycles. The van der Waals surface area contributed by atoms with Gasteiger partial charge in [0.05, 0.1) is 0 Å². The number of benzene rings is 1. The molecule has 0 N–H and O–H groups in total. The number of anilines is 1. The fourth-order valence-electron chi connectivity index (χ4n) is 3.35. The minimum Gasteiger partial charge on any atom is -0.374 e. The van der Waals surface area contributed by atoms with Gasteiger partial charge in [-0.05, 0) is 56.0 Å². The van der Waals surface area contributed by atoms with Crippen molar-refractivity contribution in [3.63, 3.8) is 0 Å². The average Bonchev–Trinajstić information content (AvgIpc) is 2.34. The molecule has 0 bridgehead atoms. The maximum atomic E-state index is 2.46. The lowest BCUT2D eigenvalue weighted by molar-refractivity contribution is 0.247. The first kappa shape index (κ1) is 11.1. The van der Waals surface area contributed by atoms with Gasteiger partial charge in [0.25, 0.3) is 0 Å². The first-order valence-corrected chi connectivity index (χ1v) is 6.74. The Morgan fingerprint density at radius 2 is 1.88 bits per heavy atom. The molecule has 0 saturated carbocycles. The van der Waals surface area contributed by atoms with Crippen LogP contribution in [0.4, 0.5) is 5.69 Å². The van der Waals surface area contributed by atoms with Gasteiger partial charge in [-0.3, -0.25) is 4.90 Å². The molecular formula is C15H22N2. The average molecular weight is 230 g/mol. The maximum absolute atomic E-state index is 2.46. The van der Waals surface area contributed by atoms with Crippen LogP contribution >= 0.6 is 0 Å². The SMILES string of the molecule is CC1c2ccc3c(c2CCN1C)CCCN3C. The molecule has 2 heterocycles. The number of fused-ring (bicyclic) bond motifs is 3. The van der Waals surface area contributed by atoms with Gasteiger partial charge >= 0.3 is 0 Å². The molecule has 92 valence electrons. The van der Waals surface area contributed by atoms with Crippen molar-refractivity contribution < 1.29 is 0 Å². The van der Waals surface area contributed by atoms with E-state index in [-0.39, 0.29) is 0 Å². The molecule has 2 aliphatic heterocycles. The molecule has 0 amide bonds. The molecule has 3 rings (SSSR count). The van der Waals surface area contributed by atoms with Crippen LogP contribution in [0.3, 0.4) is 0 Å². The molecule has 1 aromatic rings. The summed E-state index contributed by atoms with van der Waals surface area (Å²) in [4.78, 5) is 4.88. The number of rotatable bonds is 0. The van der Waals surface area contributed by atoms with E-state index in [0.717, 1.165) is 0 Å². The Kier molecular flexibility index (Phi) is 2.62. The number of hydrogen-bond donors (Lipinski definition) is 0. The van der Waals surface area contributed by atoms with Crippen LogP contribution in [-0.2, 0) is 12.8 Å². The normalized spacial score (nSPS) is 24.4. The molecule has 2 nitrogen and oxygen atoms in total. The van der Waals surface area contributed by atoms with E-state index in [9.17, 15) is 0 Å².